The van der Waals surface area contributed by atoms with E-state index in [1.807, 2.05) is 6.20 Å². The second-order valence-corrected chi connectivity index (χ2v) is 8.87. The maximum Gasteiger partial charge on any atom is 0.191 e. The number of aromatic nitrogens is 1. The minimum Gasteiger partial charge on any atom is -0.357 e. The number of nitrogens with zero attached hydrogens (tertiary/aromatic N) is 3. The van der Waals surface area contributed by atoms with E-state index in [0.717, 1.165) is 51.4 Å². The Kier molecular flexibility index (Phi) is 10.4. The van der Waals surface area contributed by atoms with Crippen molar-refractivity contribution in [3.8, 4) is 0 Å². The first-order valence-corrected chi connectivity index (χ1v) is 11.2. The fourth-order valence-corrected chi connectivity index (χ4v) is 4.47. The molecule has 3 rings (SSSR count). The van der Waals surface area contributed by atoms with Crippen LogP contribution in [0.2, 0.25) is 0 Å². The van der Waals surface area contributed by atoms with E-state index in [0.29, 0.717) is 12.1 Å². The Bertz CT molecular complexity index is 749. The van der Waals surface area contributed by atoms with E-state index in [1.165, 1.54) is 15.4 Å². The number of halogens is 1. The van der Waals surface area contributed by atoms with Crippen LogP contribution in [0.3, 0.4) is 0 Å². The molecule has 1 aromatic heterocycles. The average Bonchev–Trinajstić information content (AvgIpc) is 3.10. The van der Waals surface area contributed by atoms with Crippen molar-refractivity contribution in [2.45, 2.75) is 58.7 Å². The van der Waals surface area contributed by atoms with E-state index < -0.39 is 0 Å². The third-order valence-corrected chi connectivity index (χ3v) is 6.16. The summed E-state index contributed by atoms with van der Waals surface area (Å²) >= 11 is 1.76. The lowest BCUT2D eigenvalue weighted by molar-refractivity contribution is 0.134. The van der Waals surface area contributed by atoms with Crippen molar-refractivity contribution in [1.82, 2.24) is 20.5 Å². The lowest BCUT2D eigenvalue weighted by Crippen LogP contribution is -2.51. The number of hydrogen-bond donors (Lipinski definition) is 2. The number of nitrogens with one attached hydrogen (secondary N) is 2. The highest BCUT2D eigenvalue weighted by Gasteiger charge is 2.25. The molecular weight excluding hydrogens is 493 g/mol. The molecule has 0 radical (unpaired) electrons. The van der Waals surface area contributed by atoms with Crippen LogP contribution in [0.5, 0.6) is 0 Å². The topological polar surface area (TPSA) is 52.6 Å². The van der Waals surface area contributed by atoms with Gasteiger partial charge in [0.2, 0.25) is 0 Å². The van der Waals surface area contributed by atoms with E-state index in [2.05, 4.69) is 71.6 Å². The minimum absolute atomic E-state index is 0. The van der Waals surface area contributed by atoms with E-state index >= 15 is 0 Å². The van der Waals surface area contributed by atoms with Crippen LogP contribution in [0.4, 0.5) is 0 Å². The third kappa shape index (κ3) is 7.86. The smallest absolute Gasteiger partial charge is 0.191 e. The Morgan fingerprint density at radius 3 is 2.76 bits per heavy atom. The zero-order valence-electron chi connectivity index (χ0n) is 17.7. The predicted octanol–water partition coefficient (Wildman–Crippen LogP) is 4.22. The van der Waals surface area contributed by atoms with Crippen LogP contribution in [0.15, 0.2) is 41.5 Å². The normalized spacial score (nSPS) is 20.2. The summed E-state index contributed by atoms with van der Waals surface area (Å²) in [5, 5.41) is 8.22. The standard InChI is InChI=1S/C22H33N5S.HI/c1-4-23-22(24-12-10-21-25-15-18(3)28-21)26-20-11-13-27(17(2)14-20)16-19-8-6-5-7-9-19;/h5-9,15,17,20H,4,10-14,16H2,1-3H3,(H2,23,24,26);1H. The second kappa shape index (κ2) is 12.5. The highest BCUT2D eigenvalue weighted by atomic mass is 127. The van der Waals surface area contributed by atoms with Crippen LogP contribution >= 0.6 is 35.3 Å². The van der Waals surface area contributed by atoms with Gasteiger partial charge in [0.1, 0.15) is 0 Å². The first-order chi connectivity index (χ1) is 13.6. The summed E-state index contributed by atoms with van der Waals surface area (Å²) in [5.41, 5.74) is 1.40. The molecule has 2 atom stereocenters. The molecule has 0 amide bonds. The Labute approximate surface area is 196 Å². The van der Waals surface area contributed by atoms with Gasteiger partial charge in [0.15, 0.2) is 5.96 Å². The number of guanidine groups is 1. The molecule has 2 heterocycles. The van der Waals surface area contributed by atoms with Gasteiger partial charge in [0.05, 0.1) is 5.01 Å². The lowest BCUT2D eigenvalue weighted by Gasteiger charge is -2.38. The summed E-state index contributed by atoms with van der Waals surface area (Å²) in [6.07, 6.45) is 5.13. The van der Waals surface area contributed by atoms with Gasteiger partial charge < -0.3 is 10.6 Å². The summed E-state index contributed by atoms with van der Waals surface area (Å²) in [7, 11) is 0. The van der Waals surface area contributed by atoms with Gasteiger partial charge >= 0.3 is 0 Å². The second-order valence-electron chi connectivity index (χ2n) is 7.55. The van der Waals surface area contributed by atoms with Gasteiger partial charge in [0.25, 0.3) is 0 Å². The highest BCUT2D eigenvalue weighted by molar-refractivity contribution is 14.0. The number of piperidine rings is 1. The van der Waals surface area contributed by atoms with Crippen molar-refractivity contribution in [2.24, 2.45) is 4.99 Å². The first kappa shape index (κ1) is 24.1. The first-order valence-electron chi connectivity index (χ1n) is 10.4. The molecule has 0 spiro atoms. The molecule has 7 heteroatoms. The zero-order valence-corrected chi connectivity index (χ0v) is 20.9. The Balaban J connectivity index is 0.00000300. The molecule has 5 nitrogen and oxygen atoms in total. The van der Waals surface area contributed by atoms with Crippen LogP contribution in [0.1, 0.15) is 42.1 Å². The number of aryl methyl sites for hydroxylation is 1. The fraction of sp³-hybridized carbons (Fsp3) is 0.545. The van der Waals surface area contributed by atoms with Gasteiger partial charge in [-0.2, -0.15) is 0 Å². The largest absolute Gasteiger partial charge is 0.357 e. The molecular formula is C22H34IN5S. The molecule has 160 valence electrons. The molecule has 2 N–H and O–H groups in total. The molecule has 1 fully saturated rings. The van der Waals surface area contributed by atoms with Gasteiger partial charge in [-0.05, 0) is 39.2 Å². The fourth-order valence-electron chi connectivity index (χ4n) is 3.70. The monoisotopic (exact) mass is 527 g/mol. The van der Waals surface area contributed by atoms with Crippen molar-refractivity contribution in [2.75, 3.05) is 19.6 Å². The van der Waals surface area contributed by atoms with Crippen molar-refractivity contribution >= 4 is 41.3 Å². The van der Waals surface area contributed by atoms with E-state index in [9.17, 15) is 0 Å². The van der Waals surface area contributed by atoms with Crippen molar-refractivity contribution < 1.29 is 0 Å². The molecule has 0 saturated carbocycles. The van der Waals surface area contributed by atoms with Gasteiger partial charge in [0, 0.05) is 55.8 Å². The molecule has 0 bridgehead atoms. The molecule has 29 heavy (non-hydrogen) atoms. The van der Waals surface area contributed by atoms with Crippen LogP contribution in [-0.2, 0) is 13.0 Å². The van der Waals surface area contributed by atoms with Crippen molar-refractivity contribution in [3.05, 3.63) is 52.0 Å². The van der Waals surface area contributed by atoms with Crippen molar-refractivity contribution in [3.63, 3.8) is 0 Å². The molecule has 1 saturated heterocycles. The Morgan fingerprint density at radius 1 is 1.31 bits per heavy atom. The van der Waals surface area contributed by atoms with Gasteiger partial charge in [-0.25, -0.2) is 4.98 Å². The van der Waals surface area contributed by atoms with Gasteiger partial charge in [-0.15, -0.1) is 35.3 Å². The quantitative estimate of drug-likeness (QED) is 0.322. The van der Waals surface area contributed by atoms with Gasteiger partial charge in [-0.1, -0.05) is 30.3 Å². The minimum atomic E-state index is 0. The van der Waals surface area contributed by atoms with Crippen molar-refractivity contribution in [1.29, 1.82) is 0 Å². The summed E-state index contributed by atoms with van der Waals surface area (Å²) < 4.78 is 0. The summed E-state index contributed by atoms with van der Waals surface area (Å²) in [4.78, 5) is 13.1. The number of likely N-dealkylation sites (tertiary alicyclic amines) is 1. The van der Waals surface area contributed by atoms with Crippen LogP contribution in [0.25, 0.3) is 0 Å². The molecule has 2 aromatic rings. The maximum absolute atomic E-state index is 4.77. The molecule has 0 aliphatic carbocycles. The maximum atomic E-state index is 4.77. The molecule has 1 aliphatic heterocycles. The summed E-state index contributed by atoms with van der Waals surface area (Å²) in [6.45, 7) is 10.4. The number of hydrogen-bond acceptors (Lipinski definition) is 4. The van der Waals surface area contributed by atoms with Crippen LogP contribution < -0.4 is 10.6 Å². The van der Waals surface area contributed by atoms with Gasteiger partial charge in [-0.3, -0.25) is 9.89 Å². The highest BCUT2D eigenvalue weighted by Crippen LogP contribution is 2.20. The number of aliphatic imine (C=N–C) groups is 1. The third-order valence-electron chi connectivity index (χ3n) is 5.19. The van der Waals surface area contributed by atoms with E-state index in [-0.39, 0.29) is 24.0 Å². The van der Waals surface area contributed by atoms with Crippen LogP contribution in [0, 0.1) is 6.92 Å². The summed E-state index contributed by atoms with van der Waals surface area (Å²) in [6, 6.07) is 11.8. The molecule has 2 unspecified atom stereocenters. The zero-order chi connectivity index (χ0) is 19.8. The molecule has 1 aromatic carbocycles. The Hall–Kier alpha value is -1.19. The Morgan fingerprint density at radius 2 is 2.10 bits per heavy atom. The SMILES string of the molecule is CCNC(=NCCc1ncc(C)s1)NC1CCN(Cc2ccccc2)C(C)C1.I. The number of benzene rings is 1. The predicted molar refractivity (Wildman–Crippen MR) is 134 cm³/mol. The lowest BCUT2D eigenvalue weighted by atomic mass is 9.97. The number of rotatable bonds is 7. The number of thiazole rings is 1. The molecule has 1 aliphatic rings. The van der Waals surface area contributed by atoms with E-state index in [4.69, 9.17) is 4.99 Å². The van der Waals surface area contributed by atoms with E-state index in [1.54, 1.807) is 11.3 Å². The summed E-state index contributed by atoms with van der Waals surface area (Å²) in [5.74, 6) is 0.935. The van der Waals surface area contributed by atoms with Crippen LogP contribution in [-0.4, -0.2) is 47.6 Å². The average molecular weight is 528 g/mol.